The molecule has 1 aliphatic rings. The predicted molar refractivity (Wildman–Crippen MR) is 67.3 cm³/mol. The molecule has 0 bridgehead atoms. The van der Waals surface area contributed by atoms with E-state index < -0.39 is 0 Å². The van der Waals surface area contributed by atoms with Gasteiger partial charge in [-0.15, -0.1) is 6.58 Å². The number of carbonyl (C=O) groups is 1. The van der Waals surface area contributed by atoms with E-state index in [-0.39, 0.29) is 11.9 Å². The van der Waals surface area contributed by atoms with Gasteiger partial charge in [0.1, 0.15) is 0 Å². The number of likely N-dealkylation sites (N-methyl/N-ethyl adjacent to an activating group) is 1. The molecule has 1 N–H and O–H groups in total. The summed E-state index contributed by atoms with van der Waals surface area (Å²) in [6.07, 6.45) is 8.64. The van der Waals surface area contributed by atoms with Crippen molar-refractivity contribution in [3.05, 3.63) is 12.7 Å². The summed E-state index contributed by atoms with van der Waals surface area (Å²) in [4.78, 5) is 13.8. The van der Waals surface area contributed by atoms with E-state index in [4.69, 9.17) is 0 Å². The molecule has 1 amide bonds. The third-order valence-corrected chi connectivity index (χ3v) is 3.14. The second-order valence-electron chi connectivity index (χ2n) is 4.55. The van der Waals surface area contributed by atoms with Crippen LogP contribution < -0.4 is 5.32 Å². The van der Waals surface area contributed by atoms with Gasteiger partial charge in [-0.25, -0.2) is 0 Å². The van der Waals surface area contributed by atoms with Crippen LogP contribution in [0.2, 0.25) is 0 Å². The lowest BCUT2D eigenvalue weighted by atomic mass is 10.1. The van der Waals surface area contributed by atoms with Gasteiger partial charge in [-0.3, -0.25) is 4.79 Å². The van der Waals surface area contributed by atoms with Gasteiger partial charge in [0.05, 0.1) is 6.04 Å². The summed E-state index contributed by atoms with van der Waals surface area (Å²) < 4.78 is 0. The third-order valence-electron chi connectivity index (χ3n) is 3.14. The maximum absolute atomic E-state index is 11.9. The Morgan fingerprint density at radius 3 is 2.94 bits per heavy atom. The van der Waals surface area contributed by atoms with Crippen LogP contribution in [0.4, 0.5) is 0 Å². The van der Waals surface area contributed by atoms with Gasteiger partial charge in [-0.2, -0.15) is 0 Å². The highest BCUT2D eigenvalue weighted by molar-refractivity contribution is 5.81. The number of unbranched alkanes of at least 4 members (excludes halogenated alkanes) is 3. The SMILES string of the molecule is C=CCCCCCN(C)C(=O)C1CCCN1. The van der Waals surface area contributed by atoms with Crippen LogP contribution in [0.25, 0.3) is 0 Å². The molecule has 0 radical (unpaired) electrons. The number of hydrogen-bond donors (Lipinski definition) is 1. The monoisotopic (exact) mass is 224 g/mol. The number of nitrogens with one attached hydrogen (secondary N) is 1. The zero-order chi connectivity index (χ0) is 11.8. The number of allylic oxidation sites excluding steroid dienone is 1. The van der Waals surface area contributed by atoms with Gasteiger partial charge in [0.15, 0.2) is 0 Å². The van der Waals surface area contributed by atoms with Crippen LogP contribution in [0.1, 0.15) is 38.5 Å². The highest BCUT2D eigenvalue weighted by atomic mass is 16.2. The second kappa shape index (κ2) is 7.44. The Balaban J connectivity index is 2.11. The number of nitrogens with zero attached hydrogens (tertiary/aromatic N) is 1. The molecule has 1 aliphatic heterocycles. The topological polar surface area (TPSA) is 32.3 Å². The van der Waals surface area contributed by atoms with Crippen molar-refractivity contribution in [3.8, 4) is 0 Å². The summed E-state index contributed by atoms with van der Waals surface area (Å²) in [5.41, 5.74) is 0. The van der Waals surface area contributed by atoms with Crippen LogP contribution in [-0.4, -0.2) is 37.0 Å². The van der Waals surface area contributed by atoms with E-state index in [2.05, 4.69) is 11.9 Å². The molecule has 3 nitrogen and oxygen atoms in total. The van der Waals surface area contributed by atoms with E-state index in [1.807, 2.05) is 18.0 Å². The summed E-state index contributed by atoms with van der Waals surface area (Å²) in [6, 6.07) is 0.0816. The van der Waals surface area contributed by atoms with Crippen LogP contribution in [0.15, 0.2) is 12.7 Å². The van der Waals surface area contributed by atoms with Crippen molar-refractivity contribution < 1.29 is 4.79 Å². The lowest BCUT2D eigenvalue weighted by Gasteiger charge is -2.21. The Morgan fingerprint density at radius 1 is 1.50 bits per heavy atom. The Labute approximate surface area is 98.9 Å². The van der Waals surface area contributed by atoms with Crippen molar-refractivity contribution >= 4 is 5.91 Å². The molecule has 1 unspecified atom stereocenters. The highest BCUT2D eigenvalue weighted by Gasteiger charge is 2.24. The van der Waals surface area contributed by atoms with Gasteiger partial charge >= 0.3 is 0 Å². The van der Waals surface area contributed by atoms with Gasteiger partial charge < -0.3 is 10.2 Å². The van der Waals surface area contributed by atoms with Crippen LogP contribution in [-0.2, 0) is 4.79 Å². The lowest BCUT2D eigenvalue weighted by molar-refractivity contribution is -0.131. The quantitative estimate of drug-likeness (QED) is 0.529. The number of hydrogen-bond acceptors (Lipinski definition) is 2. The minimum atomic E-state index is 0.0816. The first-order valence-corrected chi connectivity index (χ1v) is 6.35. The molecule has 0 aromatic heterocycles. The van der Waals surface area contributed by atoms with Crippen molar-refractivity contribution in [1.82, 2.24) is 10.2 Å². The van der Waals surface area contributed by atoms with E-state index in [1.54, 1.807) is 0 Å². The van der Waals surface area contributed by atoms with Gasteiger partial charge in [0.25, 0.3) is 0 Å². The van der Waals surface area contributed by atoms with Crippen molar-refractivity contribution in [2.75, 3.05) is 20.1 Å². The molecule has 3 heteroatoms. The summed E-state index contributed by atoms with van der Waals surface area (Å²) in [6.45, 7) is 5.57. The van der Waals surface area contributed by atoms with E-state index in [1.165, 1.54) is 12.8 Å². The molecular weight excluding hydrogens is 200 g/mol. The van der Waals surface area contributed by atoms with Crippen LogP contribution in [0, 0.1) is 0 Å². The molecule has 0 aromatic carbocycles. The largest absolute Gasteiger partial charge is 0.344 e. The summed E-state index contributed by atoms with van der Waals surface area (Å²) >= 11 is 0. The first-order valence-electron chi connectivity index (χ1n) is 6.35. The molecule has 0 aliphatic carbocycles. The molecule has 1 saturated heterocycles. The number of carbonyl (C=O) groups excluding carboxylic acids is 1. The number of amides is 1. The molecule has 0 saturated carbocycles. The van der Waals surface area contributed by atoms with Crippen molar-refractivity contribution in [1.29, 1.82) is 0 Å². The fourth-order valence-electron chi connectivity index (χ4n) is 2.09. The smallest absolute Gasteiger partial charge is 0.239 e. The van der Waals surface area contributed by atoms with E-state index in [0.29, 0.717) is 0 Å². The maximum Gasteiger partial charge on any atom is 0.239 e. The lowest BCUT2D eigenvalue weighted by Crippen LogP contribution is -2.41. The molecule has 0 spiro atoms. The van der Waals surface area contributed by atoms with Crippen LogP contribution in [0.5, 0.6) is 0 Å². The third kappa shape index (κ3) is 4.35. The van der Waals surface area contributed by atoms with Gasteiger partial charge in [-0.05, 0) is 38.6 Å². The number of rotatable bonds is 7. The fraction of sp³-hybridized carbons (Fsp3) is 0.769. The van der Waals surface area contributed by atoms with Crippen molar-refractivity contribution in [3.63, 3.8) is 0 Å². The van der Waals surface area contributed by atoms with Gasteiger partial charge in [0, 0.05) is 13.6 Å². The minimum absolute atomic E-state index is 0.0816. The summed E-state index contributed by atoms with van der Waals surface area (Å²) in [7, 11) is 1.91. The molecular formula is C13H24N2O. The summed E-state index contributed by atoms with van der Waals surface area (Å²) in [5, 5.41) is 3.24. The Bertz CT molecular complexity index is 222. The van der Waals surface area contributed by atoms with E-state index >= 15 is 0 Å². The van der Waals surface area contributed by atoms with Crippen molar-refractivity contribution in [2.45, 2.75) is 44.6 Å². The molecule has 1 fully saturated rings. The molecule has 16 heavy (non-hydrogen) atoms. The average Bonchev–Trinajstić information content (AvgIpc) is 2.81. The van der Waals surface area contributed by atoms with Gasteiger partial charge in [0.2, 0.25) is 5.91 Å². The molecule has 0 aromatic rings. The minimum Gasteiger partial charge on any atom is -0.344 e. The Kier molecular flexibility index (Phi) is 6.16. The average molecular weight is 224 g/mol. The second-order valence-corrected chi connectivity index (χ2v) is 4.55. The van der Waals surface area contributed by atoms with E-state index in [0.717, 1.165) is 38.8 Å². The van der Waals surface area contributed by atoms with E-state index in [9.17, 15) is 4.79 Å². The van der Waals surface area contributed by atoms with Crippen LogP contribution >= 0.6 is 0 Å². The van der Waals surface area contributed by atoms with Crippen molar-refractivity contribution in [2.24, 2.45) is 0 Å². The molecule has 92 valence electrons. The standard InChI is InChI=1S/C13H24N2O/c1-3-4-5-6-7-11-15(2)13(16)12-9-8-10-14-12/h3,12,14H,1,4-11H2,2H3. The first kappa shape index (κ1) is 13.2. The molecule has 1 rings (SSSR count). The fourth-order valence-corrected chi connectivity index (χ4v) is 2.09. The zero-order valence-electron chi connectivity index (χ0n) is 10.4. The highest BCUT2D eigenvalue weighted by Crippen LogP contribution is 2.09. The summed E-state index contributed by atoms with van der Waals surface area (Å²) in [5.74, 6) is 0.265. The first-order chi connectivity index (χ1) is 7.75. The zero-order valence-corrected chi connectivity index (χ0v) is 10.4. The van der Waals surface area contributed by atoms with Gasteiger partial charge in [-0.1, -0.05) is 12.5 Å². The van der Waals surface area contributed by atoms with Crippen LogP contribution in [0.3, 0.4) is 0 Å². The molecule has 1 heterocycles. The molecule has 1 atom stereocenters. The Hall–Kier alpha value is -0.830. The predicted octanol–water partition coefficient (Wildman–Crippen LogP) is 1.94. The normalized spacial score (nSPS) is 19.7. The maximum atomic E-state index is 11.9. The Morgan fingerprint density at radius 2 is 2.31 bits per heavy atom.